The molecule has 128 valence electrons. The molecule has 2 unspecified atom stereocenters. The van der Waals surface area contributed by atoms with E-state index in [1.807, 2.05) is 6.92 Å². The van der Waals surface area contributed by atoms with Gasteiger partial charge in [0, 0.05) is 5.38 Å². The van der Waals surface area contributed by atoms with Crippen LogP contribution in [0.5, 0.6) is 0 Å². The first-order valence-electron chi connectivity index (χ1n) is 8.53. The lowest BCUT2D eigenvalue weighted by atomic mass is 10.0. The highest BCUT2D eigenvalue weighted by Crippen LogP contribution is 2.18. The van der Waals surface area contributed by atoms with Gasteiger partial charge in [0.25, 0.3) is 0 Å². The van der Waals surface area contributed by atoms with E-state index in [4.69, 9.17) is 16.7 Å². The summed E-state index contributed by atoms with van der Waals surface area (Å²) in [6, 6.07) is 0. The maximum absolute atomic E-state index is 11.5. The van der Waals surface area contributed by atoms with Crippen molar-refractivity contribution in [3.63, 3.8) is 0 Å². The zero-order chi connectivity index (χ0) is 16.1. The second kappa shape index (κ2) is 12.7. The highest BCUT2D eigenvalue weighted by atomic mass is 35.5. The Morgan fingerprint density at radius 3 is 1.76 bits per heavy atom. The van der Waals surface area contributed by atoms with Gasteiger partial charge in [-0.05, 0) is 26.2 Å². The third-order valence-corrected chi connectivity index (χ3v) is 5.60. The normalized spacial score (nSPS) is 15.0. The van der Waals surface area contributed by atoms with Crippen LogP contribution in [0.25, 0.3) is 0 Å². The Balaban J connectivity index is 3.69. The Bertz CT molecular complexity index is 331. The molecule has 0 aromatic carbocycles. The van der Waals surface area contributed by atoms with Gasteiger partial charge >= 0.3 is 0 Å². The highest BCUT2D eigenvalue weighted by Gasteiger charge is 2.21. The average Bonchev–Trinajstić information content (AvgIpc) is 2.38. The Morgan fingerprint density at radius 2 is 1.33 bits per heavy atom. The van der Waals surface area contributed by atoms with E-state index in [0.717, 1.165) is 12.8 Å². The molecule has 0 bridgehead atoms. The van der Waals surface area contributed by atoms with E-state index in [1.165, 1.54) is 44.9 Å². The Hall–Kier alpha value is 0.200. The van der Waals surface area contributed by atoms with Crippen LogP contribution in [-0.2, 0) is 10.0 Å². The van der Waals surface area contributed by atoms with Gasteiger partial charge in [-0.2, -0.15) is 0 Å². The van der Waals surface area contributed by atoms with Crippen molar-refractivity contribution in [1.82, 2.24) is 0 Å². The van der Waals surface area contributed by atoms with Crippen molar-refractivity contribution in [3.8, 4) is 0 Å². The molecule has 3 nitrogen and oxygen atoms in total. The largest absolute Gasteiger partial charge is 0.228 e. The van der Waals surface area contributed by atoms with Crippen molar-refractivity contribution >= 4 is 21.6 Å². The number of halogens is 1. The molecule has 0 aromatic rings. The molecule has 2 N–H and O–H groups in total. The summed E-state index contributed by atoms with van der Waals surface area (Å²) < 4.78 is 23.1. The van der Waals surface area contributed by atoms with Gasteiger partial charge in [-0.1, -0.05) is 64.7 Å². The van der Waals surface area contributed by atoms with Crippen LogP contribution in [0.3, 0.4) is 0 Å². The van der Waals surface area contributed by atoms with E-state index >= 15 is 0 Å². The molecule has 0 saturated heterocycles. The van der Waals surface area contributed by atoms with Crippen LogP contribution < -0.4 is 5.14 Å². The van der Waals surface area contributed by atoms with Crippen molar-refractivity contribution in [2.24, 2.45) is 5.14 Å². The quantitative estimate of drug-likeness (QED) is 0.358. The summed E-state index contributed by atoms with van der Waals surface area (Å²) in [6.45, 7) is 4.12. The number of nitrogens with two attached hydrogens (primary N) is 1. The molecular weight excluding hydrogens is 306 g/mol. The van der Waals surface area contributed by atoms with Crippen LogP contribution >= 0.6 is 11.6 Å². The monoisotopic (exact) mass is 339 g/mol. The lowest BCUT2D eigenvalue weighted by molar-refractivity contribution is 0.520. The van der Waals surface area contributed by atoms with E-state index in [9.17, 15) is 8.42 Å². The van der Waals surface area contributed by atoms with Crippen molar-refractivity contribution in [2.45, 2.75) is 102 Å². The molecular formula is C16H34ClNO2S. The lowest BCUT2D eigenvalue weighted by Gasteiger charge is -2.15. The zero-order valence-electron chi connectivity index (χ0n) is 13.8. The second-order valence-corrected chi connectivity index (χ2v) is 8.78. The van der Waals surface area contributed by atoms with Gasteiger partial charge in [-0.25, -0.2) is 13.6 Å². The van der Waals surface area contributed by atoms with Crippen LogP contribution in [0.4, 0.5) is 0 Å². The molecule has 0 fully saturated rings. The van der Waals surface area contributed by atoms with Gasteiger partial charge in [0.05, 0.1) is 5.25 Å². The fourth-order valence-corrected chi connectivity index (χ4v) is 3.66. The van der Waals surface area contributed by atoms with E-state index < -0.39 is 15.3 Å². The Kier molecular flexibility index (Phi) is 12.8. The number of sulfonamides is 1. The molecule has 0 rings (SSSR count). The predicted molar refractivity (Wildman–Crippen MR) is 93.3 cm³/mol. The molecule has 0 aromatic heterocycles. The smallest absolute Gasteiger partial charge is 0.211 e. The van der Waals surface area contributed by atoms with E-state index in [-0.39, 0.29) is 5.38 Å². The number of hydrogen-bond donors (Lipinski definition) is 1. The van der Waals surface area contributed by atoms with E-state index in [0.29, 0.717) is 19.3 Å². The molecule has 0 saturated carbocycles. The first-order valence-corrected chi connectivity index (χ1v) is 10.6. The minimum Gasteiger partial charge on any atom is -0.228 e. The van der Waals surface area contributed by atoms with Crippen LogP contribution in [0.2, 0.25) is 0 Å². The standard InChI is InChI=1S/C16H34ClNO2S/c1-3-4-5-6-7-8-9-10-11-12-16(21(18,19)20)14-13-15(2)17/h15-16H,3-14H2,1-2H3,(H2,18,19,20). The van der Waals surface area contributed by atoms with Crippen molar-refractivity contribution < 1.29 is 8.42 Å². The molecule has 0 aliphatic rings. The molecule has 2 atom stereocenters. The van der Waals surface area contributed by atoms with E-state index in [1.54, 1.807) is 0 Å². The minimum absolute atomic E-state index is 0.0115. The summed E-state index contributed by atoms with van der Waals surface area (Å²) in [5.41, 5.74) is 0. The molecule has 0 spiro atoms. The number of unbranched alkanes of at least 4 members (excludes halogenated alkanes) is 8. The van der Waals surface area contributed by atoms with E-state index in [2.05, 4.69) is 6.92 Å². The zero-order valence-corrected chi connectivity index (χ0v) is 15.4. The van der Waals surface area contributed by atoms with Crippen LogP contribution in [-0.4, -0.2) is 19.0 Å². The maximum atomic E-state index is 11.5. The second-order valence-electron chi connectivity index (χ2n) is 6.19. The molecule has 0 aliphatic carbocycles. The molecule has 21 heavy (non-hydrogen) atoms. The molecule has 0 amide bonds. The van der Waals surface area contributed by atoms with Gasteiger partial charge in [-0.15, -0.1) is 11.6 Å². The molecule has 0 radical (unpaired) electrons. The van der Waals surface area contributed by atoms with Gasteiger partial charge in [0.15, 0.2) is 0 Å². The fraction of sp³-hybridized carbons (Fsp3) is 1.00. The van der Waals surface area contributed by atoms with Gasteiger partial charge in [0.2, 0.25) is 10.0 Å². The molecule has 0 heterocycles. The van der Waals surface area contributed by atoms with Crippen LogP contribution in [0.1, 0.15) is 90.9 Å². The summed E-state index contributed by atoms with van der Waals surface area (Å²) >= 11 is 5.89. The summed E-state index contributed by atoms with van der Waals surface area (Å²) in [5.74, 6) is 0. The number of primary sulfonamides is 1. The summed E-state index contributed by atoms with van der Waals surface area (Å²) in [6.07, 6.45) is 13.1. The predicted octanol–water partition coefficient (Wildman–Crippen LogP) is 4.97. The van der Waals surface area contributed by atoms with Gasteiger partial charge < -0.3 is 0 Å². The van der Waals surface area contributed by atoms with Crippen molar-refractivity contribution in [1.29, 1.82) is 0 Å². The average molecular weight is 340 g/mol. The van der Waals surface area contributed by atoms with Gasteiger partial charge in [-0.3, -0.25) is 0 Å². The third kappa shape index (κ3) is 13.6. The van der Waals surface area contributed by atoms with Crippen LogP contribution in [0, 0.1) is 0 Å². The Labute approximate surface area is 137 Å². The van der Waals surface area contributed by atoms with Crippen molar-refractivity contribution in [3.05, 3.63) is 0 Å². The maximum Gasteiger partial charge on any atom is 0.211 e. The number of rotatable bonds is 14. The first kappa shape index (κ1) is 21.2. The van der Waals surface area contributed by atoms with Crippen LogP contribution in [0.15, 0.2) is 0 Å². The number of alkyl halides is 1. The fourth-order valence-electron chi connectivity index (χ4n) is 2.57. The summed E-state index contributed by atoms with van der Waals surface area (Å²) in [7, 11) is -3.43. The third-order valence-electron chi connectivity index (χ3n) is 3.98. The highest BCUT2D eigenvalue weighted by molar-refractivity contribution is 7.89. The first-order chi connectivity index (χ1) is 9.88. The topological polar surface area (TPSA) is 60.2 Å². The Morgan fingerprint density at radius 1 is 0.857 bits per heavy atom. The molecule has 0 aliphatic heterocycles. The van der Waals surface area contributed by atoms with Crippen molar-refractivity contribution in [2.75, 3.05) is 0 Å². The molecule has 5 heteroatoms. The minimum atomic E-state index is -3.43. The van der Waals surface area contributed by atoms with Gasteiger partial charge in [0.1, 0.15) is 0 Å². The lowest BCUT2D eigenvalue weighted by Crippen LogP contribution is -2.29. The number of hydrogen-bond acceptors (Lipinski definition) is 2. The summed E-state index contributed by atoms with van der Waals surface area (Å²) in [5, 5.41) is 4.90. The summed E-state index contributed by atoms with van der Waals surface area (Å²) in [4.78, 5) is 0. The SMILES string of the molecule is CCCCCCCCCCCC(CCC(C)Cl)S(N)(=O)=O.